The Morgan fingerprint density at radius 2 is 1.93 bits per heavy atom. The Morgan fingerprint density at radius 3 is 2.40 bits per heavy atom. The number of thioether (sulfide) groups is 1. The molecule has 88 valence electrons. The van der Waals surface area contributed by atoms with Crippen LogP contribution < -0.4 is 0 Å². The molecule has 0 aromatic carbocycles. The molecule has 0 aromatic heterocycles. The van der Waals surface area contributed by atoms with Gasteiger partial charge in [-0.3, -0.25) is 0 Å². The van der Waals surface area contributed by atoms with Crippen LogP contribution in [0.3, 0.4) is 0 Å². The van der Waals surface area contributed by atoms with E-state index in [1.165, 1.54) is 16.9 Å². The fraction of sp³-hybridized carbons (Fsp3) is 0.667. The summed E-state index contributed by atoms with van der Waals surface area (Å²) in [6.45, 7) is 14.5. The molecule has 1 atom stereocenters. The summed E-state index contributed by atoms with van der Waals surface area (Å²) in [6, 6.07) is 0. The lowest BCUT2D eigenvalue weighted by Gasteiger charge is -2.09. The highest BCUT2D eigenvalue weighted by Gasteiger charge is 2.01. The Kier molecular flexibility index (Phi) is 8.77. The van der Waals surface area contributed by atoms with Gasteiger partial charge in [-0.15, -0.1) is 9.45 Å². The maximum absolute atomic E-state index is 5.39. The summed E-state index contributed by atoms with van der Waals surface area (Å²) in [5, 5.41) is 0. The molecular weight excluding hydrogens is 240 g/mol. The van der Waals surface area contributed by atoms with Gasteiger partial charge in [-0.1, -0.05) is 49.3 Å². The van der Waals surface area contributed by atoms with Crippen molar-refractivity contribution in [3.63, 3.8) is 0 Å². The van der Waals surface area contributed by atoms with E-state index >= 15 is 0 Å². The molecule has 0 aromatic rings. The summed E-state index contributed by atoms with van der Waals surface area (Å²) < 4.78 is 0. The minimum atomic E-state index is 0.0265. The van der Waals surface area contributed by atoms with Crippen molar-refractivity contribution in [2.45, 2.75) is 20.8 Å². The Balaban J connectivity index is 3.65. The standard InChI is InChI=1S/C12H22S3/c1-10(2)6-14-7-12(5)9-15(13)8-11(3)4/h10H,3,5-9H2,1-2,4H3. The molecule has 0 spiro atoms. The van der Waals surface area contributed by atoms with Gasteiger partial charge in [0.1, 0.15) is 0 Å². The number of rotatable bonds is 8. The molecule has 0 aliphatic carbocycles. The summed E-state index contributed by atoms with van der Waals surface area (Å²) in [5.74, 6) is 5.01. The largest absolute Gasteiger partial charge is 0.157 e. The fourth-order valence-electron chi connectivity index (χ4n) is 1.03. The monoisotopic (exact) mass is 262 g/mol. The van der Waals surface area contributed by atoms with E-state index in [-0.39, 0.29) is 9.45 Å². The molecule has 0 heterocycles. The molecule has 3 heteroatoms. The molecule has 0 fully saturated rings. The molecule has 0 saturated heterocycles. The van der Waals surface area contributed by atoms with Crippen LogP contribution >= 0.6 is 11.8 Å². The van der Waals surface area contributed by atoms with Gasteiger partial charge in [0, 0.05) is 17.3 Å². The van der Waals surface area contributed by atoms with Crippen molar-refractivity contribution in [3.8, 4) is 0 Å². The summed E-state index contributed by atoms with van der Waals surface area (Å²) >= 11 is 7.36. The third-order valence-corrected chi connectivity index (χ3v) is 5.30. The van der Waals surface area contributed by atoms with Crippen LogP contribution in [0.5, 0.6) is 0 Å². The summed E-state index contributed by atoms with van der Waals surface area (Å²) in [4.78, 5) is 0. The van der Waals surface area contributed by atoms with E-state index in [0.717, 1.165) is 23.2 Å². The van der Waals surface area contributed by atoms with Gasteiger partial charge < -0.3 is 0 Å². The predicted octanol–water partition coefficient (Wildman–Crippen LogP) is 3.59. The Morgan fingerprint density at radius 1 is 1.33 bits per heavy atom. The van der Waals surface area contributed by atoms with Crippen molar-refractivity contribution in [1.82, 2.24) is 0 Å². The lowest BCUT2D eigenvalue weighted by molar-refractivity contribution is 0.750. The van der Waals surface area contributed by atoms with Gasteiger partial charge >= 0.3 is 0 Å². The van der Waals surface area contributed by atoms with Crippen LogP contribution in [-0.2, 0) is 20.6 Å². The van der Waals surface area contributed by atoms with E-state index in [0.29, 0.717) is 0 Å². The summed E-state index contributed by atoms with van der Waals surface area (Å²) in [7, 11) is 0.0265. The van der Waals surface area contributed by atoms with Gasteiger partial charge in [0.05, 0.1) is 0 Å². The van der Waals surface area contributed by atoms with Crippen molar-refractivity contribution < 1.29 is 0 Å². The quantitative estimate of drug-likeness (QED) is 0.613. The zero-order valence-electron chi connectivity index (χ0n) is 10.0. The highest BCUT2D eigenvalue weighted by molar-refractivity contribution is 8.29. The molecule has 15 heavy (non-hydrogen) atoms. The normalized spacial score (nSPS) is 12.8. The van der Waals surface area contributed by atoms with Crippen molar-refractivity contribution in [1.29, 1.82) is 0 Å². The topological polar surface area (TPSA) is 0 Å². The SMILES string of the molecule is C=C(C)CS(=S)CC(=C)CSCC(C)C. The van der Waals surface area contributed by atoms with Gasteiger partial charge in [-0.2, -0.15) is 11.8 Å². The van der Waals surface area contributed by atoms with Gasteiger partial charge in [-0.05, 0) is 18.6 Å². The number of hydrogen-bond donors (Lipinski definition) is 0. The molecule has 0 aliphatic heterocycles. The predicted molar refractivity (Wildman–Crippen MR) is 80.6 cm³/mol. The van der Waals surface area contributed by atoms with Crippen molar-refractivity contribution in [2.24, 2.45) is 5.92 Å². The first kappa shape index (κ1) is 15.4. The third kappa shape index (κ3) is 10.7. The average Bonchev–Trinajstić information content (AvgIpc) is 2.00. The smallest absolute Gasteiger partial charge is 0.0198 e. The minimum Gasteiger partial charge on any atom is -0.157 e. The average molecular weight is 263 g/mol. The van der Waals surface area contributed by atoms with E-state index in [1.54, 1.807) is 0 Å². The van der Waals surface area contributed by atoms with Crippen molar-refractivity contribution in [3.05, 3.63) is 24.3 Å². The Hall–Kier alpha value is 0.400. The van der Waals surface area contributed by atoms with E-state index in [9.17, 15) is 0 Å². The Bertz CT molecular complexity index is 241. The van der Waals surface area contributed by atoms with Crippen molar-refractivity contribution in [2.75, 3.05) is 23.0 Å². The first-order chi connectivity index (χ1) is 6.91. The van der Waals surface area contributed by atoms with Crippen LogP contribution in [0, 0.1) is 5.92 Å². The van der Waals surface area contributed by atoms with Crippen LogP contribution in [0.4, 0.5) is 0 Å². The van der Waals surface area contributed by atoms with Crippen molar-refractivity contribution >= 4 is 32.4 Å². The van der Waals surface area contributed by atoms with Gasteiger partial charge in [-0.25, -0.2) is 0 Å². The molecule has 0 radical (unpaired) electrons. The van der Waals surface area contributed by atoms with Gasteiger partial charge in [0.2, 0.25) is 0 Å². The molecule has 0 saturated carbocycles. The molecule has 0 rings (SSSR count). The van der Waals surface area contributed by atoms with Crippen LogP contribution in [0.15, 0.2) is 24.3 Å². The second-order valence-corrected chi connectivity index (χ2v) is 8.25. The zero-order valence-corrected chi connectivity index (χ0v) is 12.5. The highest BCUT2D eigenvalue weighted by Crippen LogP contribution is 2.12. The molecule has 0 amide bonds. The van der Waals surface area contributed by atoms with Crippen LogP contribution in [0.25, 0.3) is 0 Å². The maximum Gasteiger partial charge on any atom is 0.0198 e. The van der Waals surface area contributed by atoms with E-state index in [1.807, 2.05) is 18.7 Å². The zero-order chi connectivity index (χ0) is 11.8. The van der Waals surface area contributed by atoms with E-state index < -0.39 is 0 Å². The van der Waals surface area contributed by atoms with Crippen LogP contribution in [0.1, 0.15) is 20.8 Å². The lowest BCUT2D eigenvalue weighted by atomic mass is 10.3. The molecule has 0 nitrogen and oxygen atoms in total. The first-order valence-electron chi connectivity index (χ1n) is 5.15. The summed E-state index contributed by atoms with van der Waals surface area (Å²) in [5.41, 5.74) is 2.48. The lowest BCUT2D eigenvalue weighted by Crippen LogP contribution is -2.06. The first-order valence-corrected chi connectivity index (χ1v) is 8.79. The van der Waals surface area contributed by atoms with E-state index in [2.05, 4.69) is 27.0 Å². The molecule has 0 N–H and O–H groups in total. The van der Waals surface area contributed by atoms with Crippen LogP contribution in [0.2, 0.25) is 0 Å². The van der Waals surface area contributed by atoms with E-state index in [4.69, 9.17) is 11.2 Å². The Labute approximate surface area is 106 Å². The number of hydrogen-bond acceptors (Lipinski definition) is 2. The van der Waals surface area contributed by atoms with Gasteiger partial charge in [0.15, 0.2) is 0 Å². The van der Waals surface area contributed by atoms with Crippen LogP contribution in [-0.4, -0.2) is 23.0 Å². The third-order valence-electron chi connectivity index (χ3n) is 1.53. The molecule has 0 bridgehead atoms. The molecular formula is C12H22S3. The summed E-state index contributed by atoms with van der Waals surface area (Å²) in [6.07, 6.45) is 0. The maximum atomic E-state index is 5.39. The fourth-order valence-corrected chi connectivity index (χ4v) is 4.46. The second kappa shape index (κ2) is 8.54. The minimum absolute atomic E-state index is 0.0265. The van der Waals surface area contributed by atoms with Gasteiger partial charge in [0.25, 0.3) is 0 Å². The second-order valence-electron chi connectivity index (χ2n) is 4.34. The molecule has 1 unspecified atom stereocenters. The molecule has 0 aliphatic rings. The highest BCUT2D eigenvalue weighted by atomic mass is 32.8.